The van der Waals surface area contributed by atoms with Crippen LogP contribution in [0.1, 0.15) is 22.8 Å². The van der Waals surface area contributed by atoms with E-state index in [1.54, 1.807) is 26.3 Å². The molecule has 0 saturated carbocycles. The van der Waals surface area contributed by atoms with Crippen molar-refractivity contribution >= 4 is 16.9 Å². The Morgan fingerprint density at radius 3 is 2.76 bits per heavy atom. The Hall–Kier alpha value is -2.14. The Kier molecular flexibility index (Phi) is 4.75. The van der Waals surface area contributed by atoms with Gasteiger partial charge in [0.05, 0.1) is 18.7 Å². The summed E-state index contributed by atoms with van der Waals surface area (Å²) in [5.74, 6) is -0.586. The molecule has 0 radical (unpaired) electrons. The summed E-state index contributed by atoms with van der Waals surface area (Å²) >= 11 is 0. The number of benzene rings is 1. The molecule has 0 saturated heterocycles. The van der Waals surface area contributed by atoms with Crippen LogP contribution in [0.3, 0.4) is 0 Å². The molecule has 0 fully saturated rings. The summed E-state index contributed by atoms with van der Waals surface area (Å²) in [5, 5.41) is 0.525. The number of fused-ring (bicyclic) bond motifs is 1. The lowest BCUT2D eigenvalue weighted by Gasteiger charge is -2.13. The van der Waals surface area contributed by atoms with Gasteiger partial charge in [-0.05, 0) is 26.0 Å². The zero-order chi connectivity index (χ0) is 15.4. The van der Waals surface area contributed by atoms with Gasteiger partial charge in [0.2, 0.25) is 5.43 Å². The van der Waals surface area contributed by atoms with E-state index >= 15 is 0 Å². The fourth-order valence-electron chi connectivity index (χ4n) is 2.24. The molecule has 0 aliphatic heterocycles. The summed E-state index contributed by atoms with van der Waals surface area (Å²) in [7, 11) is 1.61. The number of aryl methyl sites for hydroxylation is 1. The van der Waals surface area contributed by atoms with Crippen molar-refractivity contribution in [3.63, 3.8) is 0 Å². The lowest BCUT2D eigenvalue weighted by atomic mass is 10.1. The van der Waals surface area contributed by atoms with Crippen LogP contribution in [0.15, 0.2) is 29.2 Å². The largest absolute Gasteiger partial charge is 0.462 e. The van der Waals surface area contributed by atoms with E-state index in [1.807, 2.05) is 23.6 Å². The maximum atomic E-state index is 12.5. The van der Waals surface area contributed by atoms with Gasteiger partial charge in [0.25, 0.3) is 0 Å². The third-order valence-electron chi connectivity index (χ3n) is 3.27. The first-order chi connectivity index (χ1) is 10.1. The van der Waals surface area contributed by atoms with E-state index in [9.17, 15) is 9.59 Å². The van der Waals surface area contributed by atoms with Crippen molar-refractivity contribution in [2.45, 2.75) is 20.4 Å². The molecule has 0 amide bonds. The van der Waals surface area contributed by atoms with Crippen LogP contribution in [0, 0.1) is 6.92 Å². The molecule has 0 N–H and O–H groups in total. The molecule has 2 aromatic rings. The minimum absolute atomic E-state index is 0.0612. The molecular weight excluding hydrogens is 270 g/mol. The van der Waals surface area contributed by atoms with Gasteiger partial charge in [0, 0.05) is 25.2 Å². The summed E-state index contributed by atoms with van der Waals surface area (Å²) in [4.78, 5) is 24.4. The first-order valence-electron chi connectivity index (χ1n) is 6.88. The molecule has 0 aliphatic rings. The Labute approximate surface area is 123 Å². The molecule has 1 aromatic carbocycles. The third-order valence-corrected chi connectivity index (χ3v) is 3.27. The highest BCUT2D eigenvalue weighted by molar-refractivity contribution is 5.93. The van der Waals surface area contributed by atoms with Crippen LogP contribution >= 0.6 is 0 Å². The highest BCUT2D eigenvalue weighted by atomic mass is 16.5. The predicted molar refractivity (Wildman–Crippen MR) is 80.8 cm³/mol. The highest BCUT2D eigenvalue weighted by Gasteiger charge is 2.16. The van der Waals surface area contributed by atoms with Crippen LogP contribution < -0.4 is 5.43 Å². The molecule has 5 heteroatoms. The second-order valence-electron chi connectivity index (χ2n) is 4.80. The van der Waals surface area contributed by atoms with Gasteiger partial charge in [0.15, 0.2) is 0 Å². The quantitative estimate of drug-likeness (QED) is 0.791. The first-order valence-corrected chi connectivity index (χ1v) is 6.88. The number of hydrogen-bond acceptors (Lipinski definition) is 4. The summed E-state index contributed by atoms with van der Waals surface area (Å²) < 4.78 is 11.9. The van der Waals surface area contributed by atoms with E-state index in [1.165, 1.54) is 0 Å². The SMILES string of the molecule is CCOC(=O)c1cn(CCOC)c2ccc(C)cc2c1=O. The lowest BCUT2D eigenvalue weighted by Crippen LogP contribution is -2.21. The molecule has 2 rings (SSSR count). The number of esters is 1. The fraction of sp³-hybridized carbons (Fsp3) is 0.375. The Morgan fingerprint density at radius 1 is 1.33 bits per heavy atom. The smallest absolute Gasteiger partial charge is 0.343 e. The minimum atomic E-state index is -0.586. The van der Waals surface area contributed by atoms with Gasteiger partial charge in [-0.3, -0.25) is 4.79 Å². The number of carbonyl (C=O) groups is 1. The number of rotatable bonds is 5. The normalized spacial score (nSPS) is 10.8. The van der Waals surface area contributed by atoms with Crippen molar-refractivity contribution in [2.75, 3.05) is 20.3 Å². The molecule has 1 aromatic heterocycles. The summed E-state index contributed by atoms with van der Waals surface area (Å²) in [6.07, 6.45) is 1.55. The average molecular weight is 289 g/mol. The third kappa shape index (κ3) is 3.13. The van der Waals surface area contributed by atoms with Crippen molar-refractivity contribution in [1.82, 2.24) is 4.57 Å². The number of carbonyl (C=O) groups excluding carboxylic acids is 1. The minimum Gasteiger partial charge on any atom is -0.462 e. The Morgan fingerprint density at radius 2 is 2.10 bits per heavy atom. The summed E-state index contributed by atoms with van der Waals surface area (Å²) in [6, 6.07) is 5.62. The maximum absolute atomic E-state index is 12.5. The van der Waals surface area contributed by atoms with Crippen molar-refractivity contribution in [1.29, 1.82) is 0 Å². The second-order valence-corrected chi connectivity index (χ2v) is 4.80. The Bertz CT molecular complexity index is 718. The van der Waals surface area contributed by atoms with Gasteiger partial charge < -0.3 is 14.0 Å². The monoisotopic (exact) mass is 289 g/mol. The molecule has 0 unspecified atom stereocenters. The van der Waals surface area contributed by atoms with E-state index in [4.69, 9.17) is 9.47 Å². The van der Waals surface area contributed by atoms with Gasteiger partial charge in [-0.1, -0.05) is 11.6 Å². The molecule has 1 heterocycles. The average Bonchev–Trinajstić information content (AvgIpc) is 2.47. The molecule has 5 nitrogen and oxygen atoms in total. The van der Waals surface area contributed by atoms with Gasteiger partial charge in [-0.25, -0.2) is 4.79 Å². The van der Waals surface area contributed by atoms with E-state index in [-0.39, 0.29) is 17.6 Å². The number of aromatic nitrogens is 1. The number of methoxy groups -OCH3 is 1. The molecular formula is C16H19NO4. The van der Waals surface area contributed by atoms with E-state index in [2.05, 4.69) is 0 Å². The topological polar surface area (TPSA) is 57.5 Å². The molecule has 112 valence electrons. The number of ether oxygens (including phenoxy) is 2. The van der Waals surface area contributed by atoms with Crippen LogP contribution in [0.5, 0.6) is 0 Å². The van der Waals surface area contributed by atoms with E-state index in [0.29, 0.717) is 18.5 Å². The van der Waals surface area contributed by atoms with Gasteiger partial charge in [-0.15, -0.1) is 0 Å². The molecule has 0 aliphatic carbocycles. The van der Waals surface area contributed by atoms with Crippen LogP contribution in [0.4, 0.5) is 0 Å². The van der Waals surface area contributed by atoms with Crippen molar-refractivity contribution in [3.8, 4) is 0 Å². The van der Waals surface area contributed by atoms with Crippen LogP contribution in [-0.2, 0) is 16.0 Å². The molecule has 0 bridgehead atoms. The van der Waals surface area contributed by atoms with Gasteiger partial charge in [-0.2, -0.15) is 0 Å². The van der Waals surface area contributed by atoms with Crippen molar-refractivity contribution < 1.29 is 14.3 Å². The van der Waals surface area contributed by atoms with Crippen LogP contribution in [-0.4, -0.2) is 30.9 Å². The zero-order valence-corrected chi connectivity index (χ0v) is 12.5. The standard InChI is InChI=1S/C16H19NO4/c1-4-21-16(19)13-10-17(7-8-20-3)14-6-5-11(2)9-12(14)15(13)18/h5-6,9-10H,4,7-8H2,1-3H3. The lowest BCUT2D eigenvalue weighted by molar-refractivity contribution is 0.0524. The Balaban J connectivity index is 2.67. The predicted octanol–water partition coefficient (Wildman–Crippen LogP) is 2.13. The van der Waals surface area contributed by atoms with Crippen molar-refractivity contribution in [2.24, 2.45) is 0 Å². The molecule has 0 spiro atoms. The molecule has 21 heavy (non-hydrogen) atoms. The van der Waals surface area contributed by atoms with Crippen molar-refractivity contribution in [3.05, 3.63) is 45.7 Å². The van der Waals surface area contributed by atoms with Gasteiger partial charge >= 0.3 is 5.97 Å². The maximum Gasteiger partial charge on any atom is 0.343 e. The first kappa shape index (κ1) is 15.3. The fourth-order valence-corrected chi connectivity index (χ4v) is 2.24. The molecule has 0 atom stereocenters. The summed E-state index contributed by atoms with van der Waals surface area (Å²) in [5.41, 5.74) is 1.53. The van der Waals surface area contributed by atoms with Gasteiger partial charge in [0.1, 0.15) is 5.56 Å². The van der Waals surface area contributed by atoms with E-state index < -0.39 is 5.97 Å². The van der Waals surface area contributed by atoms with Crippen LogP contribution in [0.2, 0.25) is 0 Å². The zero-order valence-electron chi connectivity index (χ0n) is 12.5. The highest BCUT2D eigenvalue weighted by Crippen LogP contribution is 2.14. The number of hydrogen-bond donors (Lipinski definition) is 0. The number of nitrogens with zero attached hydrogens (tertiary/aromatic N) is 1. The van der Waals surface area contributed by atoms with E-state index in [0.717, 1.165) is 11.1 Å². The second kappa shape index (κ2) is 6.54. The summed E-state index contributed by atoms with van der Waals surface area (Å²) in [6.45, 7) is 4.92. The number of pyridine rings is 1. The van der Waals surface area contributed by atoms with Crippen LogP contribution in [0.25, 0.3) is 10.9 Å².